The molecule has 0 bridgehead atoms. The van der Waals surface area contributed by atoms with E-state index in [1.165, 1.54) is 44.9 Å². The van der Waals surface area contributed by atoms with Gasteiger partial charge in [-0.3, -0.25) is 9.59 Å². The van der Waals surface area contributed by atoms with Crippen LogP contribution in [0.15, 0.2) is 72.8 Å². The Bertz CT molecular complexity index is 1460. The molecule has 4 rings (SSSR count). The van der Waals surface area contributed by atoms with E-state index in [4.69, 9.17) is 9.72 Å². The van der Waals surface area contributed by atoms with Crippen molar-refractivity contribution in [3.63, 3.8) is 0 Å². The van der Waals surface area contributed by atoms with Crippen LogP contribution >= 0.6 is 0 Å². The van der Waals surface area contributed by atoms with Gasteiger partial charge >= 0.3 is 0 Å². The summed E-state index contributed by atoms with van der Waals surface area (Å²) in [7, 11) is 1.63. The molecule has 1 aromatic heterocycles. The number of amides is 2. The molecule has 2 amide bonds. The third kappa shape index (κ3) is 8.90. The number of fused-ring (bicyclic) bond motifs is 1. The molecule has 3 aromatic carbocycles. The maximum atomic E-state index is 13.5. The maximum Gasteiger partial charge on any atom is 0.256 e. The Kier molecular flexibility index (Phi) is 11.5. The molecule has 0 fully saturated rings. The van der Waals surface area contributed by atoms with Crippen molar-refractivity contribution >= 4 is 34.1 Å². The number of aryl methyl sites for hydroxylation is 1. The van der Waals surface area contributed by atoms with E-state index in [0.29, 0.717) is 23.4 Å². The van der Waals surface area contributed by atoms with Crippen molar-refractivity contribution in [2.24, 2.45) is 0 Å². The lowest BCUT2D eigenvalue weighted by molar-refractivity contribution is -0.116. The first-order valence-corrected chi connectivity index (χ1v) is 15.2. The van der Waals surface area contributed by atoms with Crippen LogP contribution in [0.2, 0.25) is 0 Å². The van der Waals surface area contributed by atoms with Gasteiger partial charge in [-0.25, -0.2) is 4.98 Å². The van der Waals surface area contributed by atoms with Gasteiger partial charge < -0.3 is 15.4 Å². The molecule has 0 saturated carbocycles. The zero-order valence-corrected chi connectivity index (χ0v) is 25.2. The Morgan fingerprint density at radius 1 is 0.738 bits per heavy atom. The molecule has 0 aliphatic carbocycles. The van der Waals surface area contributed by atoms with E-state index in [2.05, 4.69) is 17.6 Å². The maximum absolute atomic E-state index is 13.5. The zero-order valence-electron chi connectivity index (χ0n) is 25.2. The average Bonchev–Trinajstić information content (AvgIpc) is 3.00. The van der Waals surface area contributed by atoms with Crippen LogP contribution in [0.3, 0.4) is 0 Å². The number of unbranched alkanes of at least 4 members (excludes halogenated alkanes) is 8. The van der Waals surface area contributed by atoms with Crippen molar-refractivity contribution in [1.29, 1.82) is 0 Å². The van der Waals surface area contributed by atoms with Crippen LogP contribution < -0.4 is 15.4 Å². The summed E-state index contributed by atoms with van der Waals surface area (Å²) in [6.07, 6.45) is 11.6. The number of hydrogen-bond acceptors (Lipinski definition) is 4. The molecule has 0 atom stereocenters. The molecule has 6 nitrogen and oxygen atoms in total. The standard InChI is InChI=1S/C36H43N3O3/c1-4-5-6-7-8-9-10-11-12-13-35(40)37-28-17-19-29(20-18-28)38-36(41)32-25-34(27-15-21-30(42-3)22-16-27)39-33-23-14-26(2)24-31(32)33/h14-25H,4-13H2,1-3H3,(H,37,40)(H,38,41). The highest BCUT2D eigenvalue weighted by Gasteiger charge is 2.15. The number of hydrogen-bond donors (Lipinski definition) is 2. The van der Waals surface area contributed by atoms with Gasteiger partial charge in [-0.15, -0.1) is 0 Å². The molecule has 220 valence electrons. The lowest BCUT2D eigenvalue weighted by Crippen LogP contribution is -2.14. The number of carbonyl (C=O) groups excluding carboxylic acids is 2. The van der Waals surface area contributed by atoms with Crippen LogP contribution in [0.5, 0.6) is 5.75 Å². The number of aromatic nitrogens is 1. The second-order valence-electron chi connectivity index (χ2n) is 11.0. The Labute approximate surface area is 249 Å². The van der Waals surface area contributed by atoms with Crippen molar-refractivity contribution in [2.45, 2.75) is 78.1 Å². The van der Waals surface area contributed by atoms with E-state index in [0.717, 1.165) is 46.3 Å². The van der Waals surface area contributed by atoms with Crippen LogP contribution in [0.1, 0.15) is 87.1 Å². The number of nitrogens with one attached hydrogen (secondary N) is 2. The van der Waals surface area contributed by atoms with E-state index >= 15 is 0 Å². The summed E-state index contributed by atoms with van der Waals surface area (Å²) in [6.45, 7) is 4.24. The summed E-state index contributed by atoms with van der Waals surface area (Å²) < 4.78 is 5.28. The third-order valence-corrected chi connectivity index (χ3v) is 7.53. The highest BCUT2D eigenvalue weighted by Crippen LogP contribution is 2.28. The van der Waals surface area contributed by atoms with E-state index in [1.54, 1.807) is 7.11 Å². The number of anilines is 2. The molecule has 0 aliphatic heterocycles. The first-order valence-electron chi connectivity index (χ1n) is 15.2. The number of ether oxygens (including phenoxy) is 1. The normalized spacial score (nSPS) is 10.9. The number of carbonyl (C=O) groups is 2. The minimum Gasteiger partial charge on any atom is -0.497 e. The lowest BCUT2D eigenvalue weighted by Gasteiger charge is -2.12. The predicted octanol–water partition coefficient (Wildman–Crippen LogP) is 9.33. The summed E-state index contributed by atoms with van der Waals surface area (Å²) in [4.78, 5) is 30.7. The first kappa shape index (κ1) is 30.8. The van der Waals surface area contributed by atoms with Crippen LogP contribution in [0.25, 0.3) is 22.2 Å². The summed E-state index contributed by atoms with van der Waals surface area (Å²) in [5, 5.41) is 6.79. The van der Waals surface area contributed by atoms with Crippen LogP contribution in [-0.2, 0) is 4.79 Å². The highest BCUT2D eigenvalue weighted by molar-refractivity contribution is 6.13. The van der Waals surface area contributed by atoms with Gasteiger partial charge in [0.25, 0.3) is 5.91 Å². The molecule has 42 heavy (non-hydrogen) atoms. The average molecular weight is 566 g/mol. The Balaban J connectivity index is 1.35. The van der Waals surface area contributed by atoms with Gasteiger partial charge in [0.15, 0.2) is 0 Å². The Hall–Kier alpha value is -4.19. The van der Waals surface area contributed by atoms with Gasteiger partial charge in [-0.05, 0) is 80.1 Å². The number of benzene rings is 3. The van der Waals surface area contributed by atoms with Gasteiger partial charge in [-0.2, -0.15) is 0 Å². The van der Waals surface area contributed by atoms with Crippen molar-refractivity contribution in [1.82, 2.24) is 4.98 Å². The number of rotatable bonds is 15. The SMILES string of the molecule is CCCCCCCCCCCC(=O)Nc1ccc(NC(=O)c2cc(-c3ccc(OC)cc3)nc3ccc(C)cc23)cc1. The van der Waals surface area contributed by atoms with E-state index < -0.39 is 0 Å². The molecule has 1 heterocycles. The zero-order chi connectivity index (χ0) is 29.7. The van der Waals surface area contributed by atoms with E-state index in [-0.39, 0.29) is 11.8 Å². The molecule has 6 heteroatoms. The molecule has 0 saturated heterocycles. The van der Waals surface area contributed by atoms with Gasteiger partial charge in [0.05, 0.1) is 23.9 Å². The van der Waals surface area contributed by atoms with Crippen molar-refractivity contribution in [2.75, 3.05) is 17.7 Å². The summed E-state index contributed by atoms with van der Waals surface area (Å²) in [5.74, 6) is 0.570. The molecule has 0 unspecified atom stereocenters. The fraction of sp³-hybridized carbons (Fsp3) is 0.361. The summed E-state index contributed by atoms with van der Waals surface area (Å²) in [6, 6.07) is 22.7. The van der Waals surface area contributed by atoms with Gasteiger partial charge in [0.1, 0.15) is 5.75 Å². The molecule has 2 N–H and O–H groups in total. The minimum absolute atomic E-state index is 0.0272. The molecule has 0 spiro atoms. The van der Waals surface area contributed by atoms with Crippen molar-refractivity contribution in [3.05, 3.63) is 83.9 Å². The van der Waals surface area contributed by atoms with E-state index in [9.17, 15) is 9.59 Å². The van der Waals surface area contributed by atoms with Crippen LogP contribution in [0.4, 0.5) is 11.4 Å². The van der Waals surface area contributed by atoms with E-state index in [1.807, 2.05) is 79.7 Å². The largest absolute Gasteiger partial charge is 0.497 e. The van der Waals surface area contributed by atoms with Crippen molar-refractivity contribution < 1.29 is 14.3 Å². The molecule has 0 aliphatic rings. The minimum atomic E-state index is -0.218. The monoisotopic (exact) mass is 565 g/mol. The molecular formula is C36H43N3O3. The van der Waals surface area contributed by atoms with Crippen molar-refractivity contribution in [3.8, 4) is 17.0 Å². The Morgan fingerprint density at radius 3 is 2.00 bits per heavy atom. The predicted molar refractivity (Wildman–Crippen MR) is 173 cm³/mol. The van der Waals surface area contributed by atoms with Crippen LogP contribution in [-0.4, -0.2) is 23.9 Å². The second kappa shape index (κ2) is 15.7. The number of nitrogens with zero attached hydrogens (tertiary/aromatic N) is 1. The third-order valence-electron chi connectivity index (χ3n) is 7.53. The molecule has 0 radical (unpaired) electrons. The van der Waals surface area contributed by atoms with Gasteiger partial charge in [-0.1, -0.05) is 69.9 Å². The fourth-order valence-electron chi connectivity index (χ4n) is 5.09. The summed E-state index contributed by atoms with van der Waals surface area (Å²) >= 11 is 0. The van der Waals surface area contributed by atoms with Gasteiger partial charge in [0.2, 0.25) is 5.91 Å². The fourth-order valence-corrected chi connectivity index (χ4v) is 5.09. The first-order chi connectivity index (χ1) is 20.5. The number of methoxy groups -OCH3 is 1. The topological polar surface area (TPSA) is 80.3 Å². The smallest absolute Gasteiger partial charge is 0.256 e. The summed E-state index contributed by atoms with van der Waals surface area (Å²) in [5.41, 5.74) is 5.34. The number of pyridine rings is 1. The lowest BCUT2D eigenvalue weighted by atomic mass is 10.0. The van der Waals surface area contributed by atoms with Gasteiger partial charge in [0, 0.05) is 28.7 Å². The van der Waals surface area contributed by atoms with Crippen LogP contribution in [0, 0.1) is 6.92 Å². The highest BCUT2D eigenvalue weighted by atomic mass is 16.5. The molecule has 4 aromatic rings. The second-order valence-corrected chi connectivity index (χ2v) is 11.0. The Morgan fingerprint density at radius 2 is 1.36 bits per heavy atom. The molecular weight excluding hydrogens is 522 g/mol. The quantitative estimate of drug-likeness (QED) is 0.141.